The number of alkyl halides is 3. The van der Waals surface area contributed by atoms with Gasteiger partial charge in [0, 0.05) is 12.0 Å². The fraction of sp³-hybridized carbons (Fsp3) is 0.692. The van der Waals surface area contributed by atoms with Gasteiger partial charge in [0.1, 0.15) is 5.82 Å². The van der Waals surface area contributed by atoms with E-state index in [2.05, 4.69) is 9.97 Å². The molecule has 7 heteroatoms. The first-order valence-corrected chi connectivity index (χ1v) is 6.69. The van der Waals surface area contributed by atoms with E-state index in [1.165, 1.54) is 0 Å². The quantitative estimate of drug-likeness (QED) is 0.838. The van der Waals surface area contributed by atoms with Gasteiger partial charge in [-0.25, -0.2) is 4.98 Å². The van der Waals surface area contributed by atoms with Crippen molar-refractivity contribution in [2.75, 3.05) is 13.2 Å². The summed E-state index contributed by atoms with van der Waals surface area (Å²) in [5, 5.41) is 0. The molecule has 0 atom stereocenters. The second kappa shape index (κ2) is 7.42. The van der Waals surface area contributed by atoms with E-state index in [9.17, 15) is 13.2 Å². The molecule has 0 saturated carbocycles. The van der Waals surface area contributed by atoms with Gasteiger partial charge < -0.3 is 10.5 Å². The van der Waals surface area contributed by atoms with E-state index >= 15 is 0 Å². The van der Waals surface area contributed by atoms with E-state index in [-0.39, 0.29) is 5.88 Å². The number of aryl methyl sites for hydroxylation is 2. The summed E-state index contributed by atoms with van der Waals surface area (Å²) in [5.74, 6) is 0.813. The summed E-state index contributed by atoms with van der Waals surface area (Å²) in [6.07, 6.45) is -3.47. The minimum absolute atomic E-state index is 0.239. The molecule has 0 aliphatic carbocycles. The maximum absolute atomic E-state index is 12.2. The Morgan fingerprint density at radius 1 is 1.15 bits per heavy atom. The molecule has 0 radical (unpaired) electrons. The molecular weight excluding hydrogens is 271 g/mol. The van der Waals surface area contributed by atoms with E-state index in [0.29, 0.717) is 31.6 Å². The Bertz CT molecular complexity index is 436. The van der Waals surface area contributed by atoms with Crippen molar-refractivity contribution < 1.29 is 17.9 Å². The summed E-state index contributed by atoms with van der Waals surface area (Å²) in [7, 11) is 0. The highest BCUT2D eigenvalue weighted by atomic mass is 19.4. The highest BCUT2D eigenvalue weighted by Gasteiger charge is 2.27. The van der Waals surface area contributed by atoms with Crippen LogP contribution in [0.15, 0.2) is 0 Å². The van der Waals surface area contributed by atoms with Crippen LogP contribution in [0.2, 0.25) is 0 Å². The molecule has 1 heterocycles. The van der Waals surface area contributed by atoms with Crippen molar-refractivity contribution >= 4 is 0 Å². The van der Waals surface area contributed by atoms with Gasteiger partial charge in [-0.15, -0.1) is 0 Å². The van der Waals surface area contributed by atoms with Crippen molar-refractivity contribution in [2.24, 2.45) is 5.73 Å². The molecule has 0 fully saturated rings. The van der Waals surface area contributed by atoms with E-state index in [4.69, 9.17) is 10.5 Å². The molecule has 0 unspecified atom stereocenters. The largest absolute Gasteiger partial charge is 0.477 e. The predicted molar refractivity (Wildman–Crippen MR) is 69.7 cm³/mol. The number of ether oxygens (including phenoxy) is 1. The van der Waals surface area contributed by atoms with Gasteiger partial charge >= 0.3 is 6.18 Å². The Morgan fingerprint density at radius 3 is 2.35 bits per heavy atom. The zero-order valence-electron chi connectivity index (χ0n) is 11.8. The van der Waals surface area contributed by atoms with Crippen molar-refractivity contribution in [1.82, 2.24) is 9.97 Å². The smallest absolute Gasteiger partial charge is 0.392 e. The van der Waals surface area contributed by atoms with Crippen molar-refractivity contribution in [3.05, 3.63) is 17.1 Å². The highest BCUT2D eigenvalue weighted by molar-refractivity contribution is 5.31. The third kappa shape index (κ3) is 4.96. The average molecular weight is 291 g/mol. The molecule has 0 aliphatic rings. The van der Waals surface area contributed by atoms with Crippen LogP contribution in [0.25, 0.3) is 0 Å². The summed E-state index contributed by atoms with van der Waals surface area (Å²) in [4.78, 5) is 8.56. The molecule has 0 spiro atoms. The third-order valence-electron chi connectivity index (χ3n) is 2.77. The molecule has 1 rings (SSSR count). The van der Waals surface area contributed by atoms with Crippen LogP contribution in [0.5, 0.6) is 5.88 Å². The molecule has 0 aromatic carbocycles. The van der Waals surface area contributed by atoms with Crippen LogP contribution in [0.3, 0.4) is 0 Å². The fourth-order valence-corrected chi connectivity index (χ4v) is 1.79. The minimum atomic E-state index is -4.23. The van der Waals surface area contributed by atoms with Gasteiger partial charge in [-0.1, -0.05) is 13.8 Å². The number of nitrogens with zero attached hydrogens (tertiary/aromatic N) is 2. The second-order valence-electron chi connectivity index (χ2n) is 4.33. The first-order valence-electron chi connectivity index (χ1n) is 6.69. The summed E-state index contributed by atoms with van der Waals surface area (Å²) in [5.41, 5.74) is 7.04. The molecule has 1 aromatic heterocycles. The summed E-state index contributed by atoms with van der Waals surface area (Å²) < 4.78 is 41.7. The summed E-state index contributed by atoms with van der Waals surface area (Å²) in [6.45, 7) is 3.75. The SMILES string of the molecule is CCc1nc(CC)c(CCN)c(OCCC(F)(F)F)n1. The highest BCUT2D eigenvalue weighted by Crippen LogP contribution is 2.23. The fourth-order valence-electron chi connectivity index (χ4n) is 1.79. The van der Waals surface area contributed by atoms with Crippen LogP contribution in [-0.2, 0) is 19.3 Å². The van der Waals surface area contributed by atoms with Crippen LogP contribution in [-0.4, -0.2) is 29.3 Å². The summed E-state index contributed by atoms with van der Waals surface area (Å²) >= 11 is 0. The zero-order chi connectivity index (χ0) is 15.2. The van der Waals surface area contributed by atoms with Gasteiger partial charge in [0.25, 0.3) is 0 Å². The number of hydrogen-bond donors (Lipinski definition) is 1. The Hall–Kier alpha value is -1.37. The normalized spacial score (nSPS) is 11.7. The lowest BCUT2D eigenvalue weighted by Crippen LogP contribution is -2.16. The van der Waals surface area contributed by atoms with Crippen LogP contribution in [0.1, 0.15) is 37.4 Å². The van der Waals surface area contributed by atoms with E-state index in [0.717, 1.165) is 11.3 Å². The second-order valence-corrected chi connectivity index (χ2v) is 4.33. The standard InChI is InChI=1S/C13H20F3N3O/c1-3-10-9(5-7-17)12(19-11(4-2)18-10)20-8-6-13(14,15)16/h3-8,17H2,1-2H3. The topological polar surface area (TPSA) is 61.0 Å². The number of rotatable bonds is 7. The number of aromatic nitrogens is 2. The molecule has 114 valence electrons. The van der Waals surface area contributed by atoms with Crippen molar-refractivity contribution in [3.8, 4) is 5.88 Å². The van der Waals surface area contributed by atoms with Gasteiger partial charge in [0.05, 0.1) is 18.7 Å². The third-order valence-corrected chi connectivity index (χ3v) is 2.77. The van der Waals surface area contributed by atoms with E-state index in [1.54, 1.807) is 0 Å². The lowest BCUT2D eigenvalue weighted by molar-refractivity contribution is -0.139. The maximum Gasteiger partial charge on any atom is 0.392 e. The Balaban J connectivity index is 2.95. The molecule has 0 bridgehead atoms. The molecule has 0 aliphatic heterocycles. The van der Waals surface area contributed by atoms with Crippen molar-refractivity contribution in [2.45, 2.75) is 45.7 Å². The molecule has 0 saturated heterocycles. The van der Waals surface area contributed by atoms with Gasteiger partial charge in [0.2, 0.25) is 5.88 Å². The Morgan fingerprint density at radius 2 is 1.85 bits per heavy atom. The average Bonchev–Trinajstić information content (AvgIpc) is 2.38. The van der Waals surface area contributed by atoms with Gasteiger partial charge in [-0.3, -0.25) is 0 Å². The van der Waals surface area contributed by atoms with E-state index in [1.807, 2.05) is 13.8 Å². The zero-order valence-corrected chi connectivity index (χ0v) is 11.8. The molecule has 1 aromatic rings. The molecular formula is C13H20F3N3O. The van der Waals surface area contributed by atoms with Crippen molar-refractivity contribution in [3.63, 3.8) is 0 Å². The van der Waals surface area contributed by atoms with Crippen LogP contribution < -0.4 is 10.5 Å². The minimum Gasteiger partial charge on any atom is -0.477 e. The number of hydrogen-bond acceptors (Lipinski definition) is 4. The summed E-state index contributed by atoms with van der Waals surface area (Å²) in [6, 6.07) is 0. The molecule has 2 N–H and O–H groups in total. The van der Waals surface area contributed by atoms with Crippen LogP contribution in [0, 0.1) is 0 Å². The molecule has 4 nitrogen and oxygen atoms in total. The lowest BCUT2D eigenvalue weighted by atomic mass is 10.1. The number of halogens is 3. The first kappa shape index (κ1) is 16.7. The Labute approximate surface area is 116 Å². The van der Waals surface area contributed by atoms with Gasteiger partial charge in [0.15, 0.2) is 0 Å². The first-order chi connectivity index (χ1) is 9.41. The maximum atomic E-state index is 12.2. The van der Waals surface area contributed by atoms with Crippen LogP contribution >= 0.6 is 0 Å². The van der Waals surface area contributed by atoms with E-state index < -0.39 is 19.2 Å². The van der Waals surface area contributed by atoms with Gasteiger partial charge in [-0.2, -0.15) is 18.2 Å². The molecule has 20 heavy (non-hydrogen) atoms. The molecule has 0 amide bonds. The predicted octanol–water partition coefficient (Wildman–Crippen LogP) is 2.43. The van der Waals surface area contributed by atoms with Crippen LogP contribution in [0.4, 0.5) is 13.2 Å². The van der Waals surface area contributed by atoms with Gasteiger partial charge in [-0.05, 0) is 19.4 Å². The van der Waals surface area contributed by atoms with Crippen molar-refractivity contribution in [1.29, 1.82) is 0 Å². The Kier molecular flexibility index (Phi) is 6.19. The number of nitrogens with two attached hydrogens (primary N) is 1. The monoisotopic (exact) mass is 291 g/mol. The lowest BCUT2D eigenvalue weighted by Gasteiger charge is -2.15.